The zero-order valence-electron chi connectivity index (χ0n) is 13.3. The molecular weight excluding hydrogens is 367 g/mol. The van der Waals surface area contributed by atoms with Gasteiger partial charge in [0, 0.05) is 34.7 Å². The Hall–Kier alpha value is -2.80. The minimum Gasteiger partial charge on any atom is -0.334 e. The fourth-order valence-electron chi connectivity index (χ4n) is 2.44. The molecule has 0 aliphatic rings. The van der Waals surface area contributed by atoms with Crippen molar-refractivity contribution in [3.8, 4) is 0 Å². The van der Waals surface area contributed by atoms with E-state index >= 15 is 0 Å². The average molecular weight is 380 g/mol. The van der Waals surface area contributed by atoms with Gasteiger partial charge in [-0.05, 0) is 29.8 Å². The van der Waals surface area contributed by atoms with E-state index in [1.165, 1.54) is 6.07 Å². The van der Waals surface area contributed by atoms with Gasteiger partial charge in [-0.15, -0.1) is 0 Å². The first-order valence-electron chi connectivity index (χ1n) is 7.58. The van der Waals surface area contributed by atoms with Crippen molar-refractivity contribution in [2.24, 2.45) is 0 Å². The van der Waals surface area contributed by atoms with Crippen LogP contribution in [-0.2, 0) is 12.7 Å². The lowest BCUT2D eigenvalue weighted by molar-refractivity contribution is -0.137. The third-order valence-corrected chi connectivity index (χ3v) is 4.10. The lowest BCUT2D eigenvalue weighted by Gasteiger charge is -2.12. The van der Waals surface area contributed by atoms with Crippen molar-refractivity contribution in [1.82, 2.24) is 10.3 Å². The summed E-state index contributed by atoms with van der Waals surface area (Å²) in [7, 11) is 0. The molecule has 0 saturated carbocycles. The van der Waals surface area contributed by atoms with Crippen LogP contribution in [0.4, 0.5) is 23.7 Å². The highest BCUT2D eigenvalue weighted by molar-refractivity contribution is 6.31. The summed E-state index contributed by atoms with van der Waals surface area (Å²) in [6, 6.07) is 9.69. The first kappa shape index (κ1) is 18.0. The molecule has 3 aromatic rings. The Kier molecular flexibility index (Phi) is 4.99. The third kappa shape index (κ3) is 4.05. The number of pyridine rings is 1. The Morgan fingerprint density at radius 2 is 1.96 bits per heavy atom. The molecule has 1 aromatic heterocycles. The molecule has 134 valence electrons. The molecular formula is C18H13ClF3N3O. The van der Waals surface area contributed by atoms with Crippen LogP contribution in [0.15, 0.2) is 54.9 Å². The first-order valence-corrected chi connectivity index (χ1v) is 7.95. The number of hydrogen-bond acceptors (Lipinski definition) is 2. The standard InChI is InChI=1S/C18H13ClF3N3O/c19-15-8-13(18(20,21)22)5-4-12(15)10-24-17(26)25-16-3-1-2-11-9-23-7-6-14(11)16/h1-9H,10H2,(H2,24,25,26). The number of benzene rings is 2. The van der Waals surface area contributed by atoms with Crippen LogP contribution in [0.25, 0.3) is 10.8 Å². The van der Waals surface area contributed by atoms with Crippen molar-refractivity contribution >= 4 is 34.1 Å². The number of hydrogen-bond donors (Lipinski definition) is 2. The van der Waals surface area contributed by atoms with Gasteiger partial charge in [-0.3, -0.25) is 4.98 Å². The van der Waals surface area contributed by atoms with Crippen LogP contribution in [0.1, 0.15) is 11.1 Å². The minimum absolute atomic E-state index is 0.00484. The molecule has 2 N–H and O–H groups in total. The highest BCUT2D eigenvalue weighted by atomic mass is 35.5. The van der Waals surface area contributed by atoms with Gasteiger partial charge >= 0.3 is 12.2 Å². The van der Waals surface area contributed by atoms with Gasteiger partial charge < -0.3 is 10.6 Å². The van der Waals surface area contributed by atoms with Gasteiger partial charge in [-0.25, -0.2) is 4.79 Å². The maximum absolute atomic E-state index is 12.6. The monoisotopic (exact) mass is 379 g/mol. The van der Waals surface area contributed by atoms with Crippen LogP contribution in [0.3, 0.4) is 0 Å². The molecule has 8 heteroatoms. The van der Waals surface area contributed by atoms with Crippen LogP contribution >= 0.6 is 11.6 Å². The number of rotatable bonds is 3. The second-order valence-corrected chi connectivity index (χ2v) is 5.92. The summed E-state index contributed by atoms with van der Waals surface area (Å²) in [5, 5.41) is 6.93. The predicted octanol–water partition coefficient (Wildman–Crippen LogP) is 5.23. The normalized spacial score (nSPS) is 11.4. The van der Waals surface area contributed by atoms with E-state index in [0.717, 1.165) is 22.9 Å². The fourth-order valence-corrected chi connectivity index (χ4v) is 2.69. The number of carbonyl (C=O) groups is 1. The number of carbonyl (C=O) groups excluding carboxylic acids is 1. The van der Waals surface area contributed by atoms with E-state index in [0.29, 0.717) is 11.3 Å². The molecule has 26 heavy (non-hydrogen) atoms. The van der Waals surface area contributed by atoms with Gasteiger partial charge in [-0.2, -0.15) is 13.2 Å². The summed E-state index contributed by atoms with van der Waals surface area (Å²) in [6.45, 7) is -0.00484. The zero-order valence-corrected chi connectivity index (χ0v) is 14.0. The summed E-state index contributed by atoms with van der Waals surface area (Å²) < 4.78 is 37.9. The van der Waals surface area contributed by atoms with Crippen LogP contribution in [0, 0.1) is 0 Å². The van der Waals surface area contributed by atoms with E-state index in [9.17, 15) is 18.0 Å². The Morgan fingerprint density at radius 1 is 1.15 bits per heavy atom. The van der Waals surface area contributed by atoms with Crippen LogP contribution in [-0.4, -0.2) is 11.0 Å². The number of fused-ring (bicyclic) bond motifs is 1. The van der Waals surface area contributed by atoms with Gasteiger partial charge in [0.2, 0.25) is 0 Å². The molecule has 1 heterocycles. The summed E-state index contributed by atoms with van der Waals surface area (Å²) >= 11 is 5.88. The van der Waals surface area contributed by atoms with E-state index in [2.05, 4.69) is 15.6 Å². The van der Waals surface area contributed by atoms with E-state index in [1.807, 2.05) is 6.07 Å². The van der Waals surface area contributed by atoms with Crippen LogP contribution in [0.2, 0.25) is 5.02 Å². The Bertz CT molecular complexity index is 955. The number of anilines is 1. The number of nitrogens with zero attached hydrogens (tertiary/aromatic N) is 1. The average Bonchev–Trinajstić information content (AvgIpc) is 2.60. The second-order valence-electron chi connectivity index (χ2n) is 5.51. The number of halogens is 4. The van der Waals surface area contributed by atoms with Gasteiger partial charge in [0.25, 0.3) is 0 Å². The molecule has 0 aliphatic carbocycles. The van der Waals surface area contributed by atoms with Crippen molar-refractivity contribution in [2.75, 3.05) is 5.32 Å². The molecule has 0 aliphatic heterocycles. The quantitative estimate of drug-likeness (QED) is 0.654. The zero-order chi connectivity index (χ0) is 18.7. The van der Waals surface area contributed by atoms with Gasteiger partial charge in [-0.1, -0.05) is 29.8 Å². The molecule has 3 rings (SSSR count). The lowest BCUT2D eigenvalue weighted by Crippen LogP contribution is -2.28. The lowest BCUT2D eigenvalue weighted by atomic mass is 10.1. The van der Waals surface area contributed by atoms with E-state index in [4.69, 9.17) is 11.6 Å². The molecule has 2 aromatic carbocycles. The number of aromatic nitrogens is 1. The van der Waals surface area contributed by atoms with Crippen molar-refractivity contribution in [3.63, 3.8) is 0 Å². The highest BCUT2D eigenvalue weighted by Crippen LogP contribution is 2.32. The SMILES string of the molecule is O=C(NCc1ccc(C(F)(F)F)cc1Cl)Nc1cccc2cnccc12. The number of urea groups is 1. The van der Waals surface area contributed by atoms with E-state index in [1.54, 1.807) is 30.6 Å². The summed E-state index contributed by atoms with van der Waals surface area (Å²) in [5.41, 5.74) is 0.151. The van der Waals surface area contributed by atoms with Crippen molar-refractivity contribution < 1.29 is 18.0 Å². The molecule has 0 fully saturated rings. The number of alkyl halides is 3. The number of amides is 2. The molecule has 0 saturated heterocycles. The molecule has 0 spiro atoms. The molecule has 0 atom stereocenters. The van der Waals surface area contributed by atoms with Crippen LogP contribution < -0.4 is 10.6 Å². The molecule has 0 unspecified atom stereocenters. The van der Waals surface area contributed by atoms with Crippen molar-refractivity contribution in [1.29, 1.82) is 0 Å². The Balaban J connectivity index is 1.68. The van der Waals surface area contributed by atoms with Crippen molar-refractivity contribution in [3.05, 3.63) is 71.0 Å². The van der Waals surface area contributed by atoms with Gasteiger partial charge in [0.05, 0.1) is 11.3 Å². The summed E-state index contributed by atoms with van der Waals surface area (Å²) in [4.78, 5) is 16.1. The summed E-state index contributed by atoms with van der Waals surface area (Å²) in [5.74, 6) is 0. The Morgan fingerprint density at radius 3 is 2.69 bits per heavy atom. The maximum Gasteiger partial charge on any atom is 0.416 e. The highest BCUT2D eigenvalue weighted by Gasteiger charge is 2.30. The van der Waals surface area contributed by atoms with E-state index in [-0.39, 0.29) is 11.6 Å². The van der Waals surface area contributed by atoms with E-state index < -0.39 is 17.8 Å². The van der Waals surface area contributed by atoms with Crippen LogP contribution in [0.5, 0.6) is 0 Å². The largest absolute Gasteiger partial charge is 0.416 e. The molecule has 0 bridgehead atoms. The Labute approximate surface area is 152 Å². The van der Waals surface area contributed by atoms with Gasteiger partial charge in [0.1, 0.15) is 0 Å². The summed E-state index contributed by atoms with van der Waals surface area (Å²) in [6.07, 6.45) is -1.16. The maximum atomic E-state index is 12.6. The third-order valence-electron chi connectivity index (χ3n) is 3.75. The molecule has 2 amide bonds. The number of nitrogens with one attached hydrogen (secondary N) is 2. The molecule has 0 radical (unpaired) electrons. The smallest absolute Gasteiger partial charge is 0.334 e. The second kappa shape index (κ2) is 7.21. The van der Waals surface area contributed by atoms with Crippen molar-refractivity contribution in [2.45, 2.75) is 12.7 Å². The van der Waals surface area contributed by atoms with Gasteiger partial charge in [0.15, 0.2) is 0 Å². The predicted molar refractivity (Wildman–Crippen MR) is 94.1 cm³/mol. The topological polar surface area (TPSA) is 54.0 Å². The minimum atomic E-state index is -4.46. The fraction of sp³-hybridized carbons (Fsp3) is 0.111. The first-order chi connectivity index (χ1) is 12.3. The molecule has 4 nitrogen and oxygen atoms in total.